The van der Waals surface area contributed by atoms with Crippen LogP contribution in [0.3, 0.4) is 0 Å². The number of fused-ring (bicyclic) bond motifs is 1. The molecule has 1 amide bonds. The largest absolute Gasteiger partial charge is 0.351 e. The number of hydrogen-bond acceptors (Lipinski definition) is 2. The zero-order chi connectivity index (χ0) is 15.5. The number of amides is 1. The van der Waals surface area contributed by atoms with Gasteiger partial charge in [0.05, 0.1) is 0 Å². The van der Waals surface area contributed by atoms with Gasteiger partial charge in [0.25, 0.3) is 5.91 Å². The van der Waals surface area contributed by atoms with Gasteiger partial charge in [0, 0.05) is 18.5 Å². The summed E-state index contributed by atoms with van der Waals surface area (Å²) in [5.41, 5.74) is 3.20. The molecule has 22 heavy (non-hydrogen) atoms. The smallest absolute Gasteiger partial charge is 0.267 e. The van der Waals surface area contributed by atoms with Gasteiger partial charge in [-0.05, 0) is 36.4 Å². The first-order valence-corrected chi connectivity index (χ1v) is 8.47. The molecule has 0 aliphatic heterocycles. The predicted molar refractivity (Wildman–Crippen MR) is 92.7 cm³/mol. The lowest BCUT2D eigenvalue weighted by molar-refractivity contribution is 0.0945. The van der Waals surface area contributed by atoms with Gasteiger partial charge in [-0.1, -0.05) is 36.8 Å². The molecule has 3 rings (SSSR count). The van der Waals surface area contributed by atoms with Gasteiger partial charge in [-0.3, -0.25) is 4.79 Å². The van der Waals surface area contributed by atoms with Crippen LogP contribution in [0.15, 0.2) is 41.8 Å². The van der Waals surface area contributed by atoms with Crippen LogP contribution in [-0.2, 0) is 6.54 Å². The Bertz CT molecular complexity index is 783. The number of aryl methyl sites for hydroxylation is 1. The van der Waals surface area contributed by atoms with Crippen molar-refractivity contribution >= 4 is 27.5 Å². The van der Waals surface area contributed by atoms with Crippen LogP contribution in [-0.4, -0.2) is 17.0 Å². The molecule has 3 nitrogen and oxygen atoms in total. The molecule has 0 aliphatic carbocycles. The fraction of sp³-hybridized carbons (Fsp3) is 0.278. The summed E-state index contributed by atoms with van der Waals surface area (Å²) >= 11 is 1.68. The molecule has 0 spiro atoms. The number of benzene rings is 1. The van der Waals surface area contributed by atoms with Crippen molar-refractivity contribution in [2.75, 3.05) is 6.54 Å². The zero-order valence-electron chi connectivity index (χ0n) is 12.9. The SMILES string of the molecule is CCCNC(=O)c1cc2ccsc2n1Cc1ccc(C)cc1. The van der Waals surface area contributed by atoms with Gasteiger partial charge < -0.3 is 9.88 Å². The number of aromatic nitrogens is 1. The minimum absolute atomic E-state index is 0.0114. The first-order valence-electron chi connectivity index (χ1n) is 7.59. The summed E-state index contributed by atoms with van der Waals surface area (Å²) in [5.74, 6) is 0.0114. The third kappa shape index (κ3) is 2.92. The van der Waals surface area contributed by atoms with E-state index >= 15 is 0 Å². The number of nitrogens with one attached hydrogen (secondary N) is 1. The van der Waals surface area contributed by atoms with E-state index in [1.165, 1.54) is 11.1 Å². The Hall–Kier alpha value is -2.07. The maximum atomic E-state index is 12.4. The van der Waals surface area contributed by atoms with E-state index in [9.17, 15) is 4.79 Å². The Labute approximate surface area is 134 Å². The Morgan fingerprint density at radius 3 is 2.73 bits per heavy atom. The zero-order valence-corrected chi connectivity index (χ0v) is 13.7. The van der Waals surface area contributed by atoms with Crippen molar-refractivity contribution in [3.05, 3.63) is 58.6 Å². The Balaban J connectivity index is 1.96. The molecule has 3 aromatic rings. The number of nitrogens with zero attached hydrogens (tertiary/aromatic N) is 1. The monoisotopic (exact) mass is 312 g/mol. The normalized spacial score (nSPS) is 11.0. The number of carbonyl (C=O) groups is 1. The van der Waals surface area contributed by atoms with Crippen LogP contribution in [0.4, 0.5) is 0 Å². The maximum absolute atomic E-state index is 12.4. The molecule has 2 heterocycles. The van der Waals surface area contributed by atoms with Gasteiger partial charge in [-0.15, -0.1) is 11.3 Å². The van der Waals surface area contributed by atoms with Crippen LogP contribution in [0.5, 0.6) is 0 Å². The molecule has 114 valence electrons. The van der Waals surface area contributed by atoms with Crippen molar-refractivity contribution in [2.24, 2.45) is 0 Å². The van der Waals surface area contributed by atoms with Crippen molar-refractivity contribution in [3.63, 3.8) is 0 Å². The molecule has 1 N–H and O–H groups in total. The van der Waals surface area contributed by atoms with Gasteiger partial charge in [0.1, 0.15) is 10.5 Å². The van der Waals surface area contributed by atoms with Crippen molar-refractivity contribution in [1.29, 1.82) is 0 Å². The van der Waals surface area contributed by atoms with Gasteiger partial charge in [0.15, 0.2) is 0 Å². The van der Waals surface area contributed by atoms with E-state index in [2.05, 4.69) is 59.4 Å². The lowest BCUT2D eigenvalue weighted by atomic mass is 10.1. The first kappa shape index (κ1) is 14.9. The van der Waals surface area contributed by atoms with E-state index in [0.29, 0.717) is 6.54 Å². The molecule has 0 aliphatic rings. The van der Waals surface area contributed by atoms with Gasteiger partial charge in [0.2, 0.25) is 0 Å². The second-order valence-electron chi connectivity index (χ2n) is 5.54. The molecule has 0 bridgehead atoms. The van der Waals surface area contributed by atoms with Crippen LogP contribution in [0.25, 0.3) is 10.2 Å². The Morgan fingerprint density at radius 2 is 2.00 bits per heavy atom. The van der Waals surface area contributed by atoms with Gasteiger partial charge in [-0.2, -0.15) is 0 Å². The second kappa shape index (κ2) is 6.36. The van der Waals surface area contributed by atoms with Crippen molar-refractivity contribution in [1.82, 2.24) is 9.88 Å². The summed E-state index contributed by atoms with van der Waals surface area (Å²) in [5, 5.41) is 6.19. The Kier molecular flexibility index (Phi) is 4.29. The molecule has 0 saturated heterocycles. The van der Waals surface area contributed by atoms with Crippen LogP contribution in [0.2, 0.25) is 0 Å². The molecule has 0 fully saturated rings. The van der Waals surface area contributed by atoms with Gasteiger partial charge in [-0.25, -0.2) is 0 Å². The lowest BCUT2D eigenvalue weighted by Gasteiger charge is -2.10. The van der Waals surface area contributed by atoms with E-state index in [1.807, 2.05) is 6.07 Å². The van der Waals surface area contributed by atoms with Crippen LogP contribution >= 0.6 is 11.3 Å². The molecule has 0 atom stereocenters. The van der Waals surface area contributed by atoms with Crippen LogP contribution in [0, 0.1) is 6.92 Å². The highest BCUT2D eigenvalue weighted by molar-refractivity contribution is 7.16. The standard InChI is InChI=1S/C18H20N2OS/c1-3-9-19-17(21)16-11-15-8-10-22-18(15)20(16)12-14-6-4-13(2)5-7-14/h4-8,10-11H,3,9,12H2,1-2H3,(H,19,21). The number of thiophene rings is 1. The molecule has 0 saturated carbocycles. The summed E-state index contributed by atoms with van der Waals surface area (Å²) in [7, 11) is 0. The summed E-state index contributed by atoms with van der Waals surface area (Å²) in [6.45, 7) is 5.58. The number of rotatable bonds is 5. The van der Waals surface area contributed by atoms with Crippen LogP contribution in [0.1, 0.15) is 35.0 Å². The second-order valence-corrected chi connectivity index (χ2v) is 6.43. The van der Waals surface area contributed by atoms with E-state index in [4.69, 9.17) is 0 Å². The average molecular weight is 312 g/mol. The van der Waals surface area contributed by atoms with Crippen LogP contribution < -0.4 is 5.32 Å². The highest BCUT2D eigenvalue weighted by atomic mass is 32.1. The van der Waals surface area contributed by atoms with Crippen molar-refractivity contribution in [3.8, 4) is 0 Å². The molecule has 2 aromatic heterocycles. The molecule has 1 aromatic carbocycles. The van der Waals surface area contributed by atoms with E-state index < -0.39 is 0 Å². The summed E-state index contributed by atoms with van der Waals surface area (Å²) < 4.78 is 2.12. The van der Waals surface area contributed by atoms with E-state index in [-0.39, 0.29) is 5.91 Å². The fourth-order valence-corrected chi connectivity index (χ4v) is 3.42. The first-order chi connectivity index (χ1) is 10.7. The third-order valence-electron chi connectivity index (χ3n) is 3.73. The lowest BCUT2D eigenvalue weighted by Crippen LogP contribution is -2.26. The highest BCUT2D eigenvalue weighted by Crippen LogP contribution is 2.26. The number of hydrogen-bond donors (Lipinski definition) is 1. The van der Waals surface area contributed by atoms with Gasteiger partial charge >= 0.3 is 0 Å². The third-order valence-corrected chi connectivity index (χ3v) is 4.68. The van der Waals surface area contributed by atoms with Crippen molar-refractivity contribution < 1.29 is 4.79 Å². The molecule has 4 heteroatoms. The highest BCUT2D eigenvalue weighted by Gasteiger charge is 2.16. The summed E-state index contributed by atoms with van der Waals surface area (Å²) in [6, 6.07) is 12.5. The molecule has 0 radical (unpaired) electrons. The minimum atomic E-state index is 0.0114. The molecular weight excluding hydrogens is 292 g/mol. The quantitative estimate of drug-likeness (QED) is 0.753. The topological polar surface area (TPSA) is 34.0 Å². The van der Waals surface area contributed by atoms with E-state index in [0.717, 1.165) is 28.9 Å². The predicted octanol–water partition coefficient (Wildman–Crippen LogP) is 4.20. The Morgan fingerprint density at radius 1 is 1.23 bits per heavy atom. The number of carbonyl (C=O) groups excluding carboxylic acids is 1. The summed E-state index contributed by atoms with van der Waals surface area (Å²) in [4.78, 5) is 13.6. The molecule has 0 unspecified atom stereocenters. The summed E-state index contributed by atoms with van der Waals surface area (Å²) in [6.07, 6.45) is 0.943. The average Bonchev–Trinajstić information content (AvgIpc) is 3.09. The fourth-order valence-electron chi connectivity index (χ4n) is 2.53. The minimum Gasteiger partial charge on any atom is -0.351 e. The van der Waals surface area contributed by atoms with Crippen molar-refractivity contribution in [2.45, 2.75) is 26.8 Å². The maximum Gasteiger partial charge on any atom is 0.267 e. The molecular formula is C18H20N2OS. The van der Waals surface area contributed by atoms with E-state index in [1.54, 1.807) is 11.3 Å².